The third kappa shape index (κ3) is 3.72. The standard InChI is InChI=1S/C24H26N4O3S/c1-2-16-3-6-22-17(13-16)14-23(32-22)24(29)27-11-9-26(10-12-27)20-4-5-21(28(30)31)19-15-25-8-7-18(19)20/h4-5,7-8,14-16H,2-3,6,9-13H2,1H3/t16-/m0/s1. The fourth-order valence-corrected chi connectivity index (χ4v) is 6.13. The van der Waals surface area contributed by atoms with Crippen molar-refractivity contribution in [3.05, 3.63) is 62.1 Å². The van der Waals surface area contributed by atoms with E-state index < -0.39 is 0 Å². The monoisotopic (exact) mass is 450 g/mol. The molecule has 1 aliphatic heterocycles. The molecule has 1 aliphatic carbocycles. The first-order valence-electron chi connectivity index (χ1n) is 11.2. The van der Waals surface area contributed by atoms with E-state index in [-0.39, 0.29) is 16.5 Å². The minimum Gasteiger partial charge on any atom is -0.367 e. The van der Waals surface area contributed by atoms with Crippen LogP contribution in [0, 0.1) is 16.0 Å². The molecule has 7 nitrogen and oxygen atoms in total. The summed E-state index contributed by atoms with van der Waals surface area (Å²) in [5.74, 6) is 0.880. The third-order valence-corrected chi connectivity index (χ3v) is 8.07. The number of carbonyl (C=O) groups is 1. The molecule has 2 aliphatic rings. The summed E-state index contributed by atoms with van der Waals surface area (Å²) in [7, 11) is 0. The van der Waals surface area contributed by atoms with Crippen LogP contribution in [0.2, 0.25) is 0 Å². The van der Waals surface area contributed by atoms with Crippen molar-refractivity contribution in [3.63, 3.8) is 0 Å². The SMILES string of the molecule is CC[C@H]1CCc2sc(C(=O)N3CCN(c4ccc([N+](=O)[O-])c5cnccc45)CC3)cc2C1. The van der Waals surface area contributed by atoms with Crippen molar-refractivity contribution in [1.29, 1.82) is 0 Å². The lowest BCUT2D eigenvalue weighted by Gasteiger charge is -2.36. The topological polar surface area (TPSA) is 79.6 Å². The van der Waals surface area contributed by atoms with Gasteiger partial charge in [0.05, 0.1) is 15.2 Å². The lowest BCUT2D eigenvalue weighted by molar-refractivity contribution is -0.383. The van der Waals surface area contributed by atoms with Gasteiger partial charge < -0.3 is 9.80 Å². The molecule has 0 unspecified atom stereocenters. The van der Waals surface area contributed by atoms with E-state index in [0.717, 1.165) is 34.7 Å². The van der Waals surface area contributed by atoms with Crippen LogP contribution < -0.4 is 4.90 Å². The van der Waals surface area contributed by atoms with Crippen LogP contribution in [0.5, 0.6) is 0 Å². The molecule has 0 spiro atoms. The highest BCUT2D eigenvalue weighted by Crippen LogP contribution is 2.35. The summed E-state index contributed by atoms with van der Waals surface area (Å²) in [6, 6.07) is 7.33. The number of hydrogen-bond acceptors (Lipinski definition) is 6. The zero-order valence-electron chi connectivity index (χ0n) is 18.1. The number of aromatic nitrogens is 1. The largest absolute Gasteiger partial charge is 0.367 e. The van der Waals surface area contributed by atoms with Gasteiger partial charge in [-0.05, 0) is 48.9 Å². The average molecular weight is 451 g/mol. The van der Waals surface area contributed by atoms with Gasteiger partial charge in [0, 0.05) is 60.6 Å². The van der Waals surface area contributed by atoms with E-state index >= 15 is 0 Å². The number of rotatable bonds is 4. The zero-order chi connectivity index (χ0) is 22.2. The molecule has 0 bridgehead atoms. The molecule has 1 fully saturated rings. The molecule has 0 N–H and O–H groups in total. The third-order valence-electron chi connectivity index (χ3n) is 6.85. The molecule has 8 heteroatoms. The highest BCUT2D eigenvalue weighted by Gasteiger charge is 2.28. The van der Waals surface area contributed by atoms with Crippen molar-refractivity contribution >= 4 is 39.4 Å². The van der Waals surface area contributed by atoms with Crippen LogP contribution in [-0.2, 0) is 12.8 Å². The highest BCUT2D eigenvalue weighted by molar-refractivity contribution is 7.14. The lowest BCUT2D eigenvalue weighted by atomic mass is 9.87. The summed E-state index contributed by atoms with van der Waals surface area (Å²) in [6.45, 7) is 4.93. The first-order chi connectivity index (χ1) is 15.5. The van der Waals surface area contributed by atoms with Gasteiger partial charge in [-0.15, -0.1) is 11.3 Å². The van der Waals surface area contributed by atoms with Gasteiger partial charge in [0.1, 0.15) is 0 Å². The Morgan fingerprint density at radius 2 is 2.03 bits per heavy atom. The Morgan fingerprint density at radius 3 is 2.78 bits per heavy atom. The van der Waals surface area contributed by atoms with Gasteiger partial charge in [0.25, 0.3) is 11.6 Å². The molecular formula is C24H26N4O3S. The van der Waals surface area contributed by atoms with Gasteiger partial charge in [-0.2, -0.15) is 0 Å². The first-order valence-corrected chi connectivity index (χ1v) is 12.0. The van der Waals surface area contributed by atoms with E-state index in [2.05, 4.69) is 22.9 Å². The van der Waals surface area contributed by atoms with Crippen molar-refractivity contribution in [1.82, 2.24) is 9.88 Å². The zero-order valence-corrected chi connectivity index (χ0v) is 18.9. The number of hydrogen-bond donors (Lipinski definition) is 0. The number of nitrogens with zero attached hydrogens (tertiary/aromatic N) is 4. The molecule has 5 rings (SSSR count). The maximum atomic E-state index is 13.2. The number of amides is 1. The predicted octanol–water partition coefficient (Wildman–Crippen LogP) is 4.68. The Morgan fingerprint density at radius 1 is 1.22 bits per heavy atom. The number of thiophene rings is 1. The number of carbonyl (C=O) groups excluding carboxylic acids is 1. The van der Waals surface area contributed by atoms with E-state index in [1.54, 1.807) is 29.8 Å². The molecule has 3 heterocycles. The number of piperazine rings is 1. The maximum Gasteiger partial charge on any atom is 0.278 e. The van der Waals surface area contributed by atoms with E-state index in [9.17, 15) is 14.9 Å². The fraction of sp³-hybridized carbons (Fsp3) is 0.417. The summed E-state index contributed by atoms with van der Waals surface area (Å²) in [4.78, 5) is 34.7. The smallest absolute Gasteiger partial charge is 0.278 e. The Bertz CT molecular complexity index is 1180. The highest BCUT2D eigenvalue weighted by atomic mass is 32.1. The quantitative estimate of drug-likeness (QED) is 0.426. The predicted molar refractivity (Wildman–Crippen MR) is 127 cm³/mol. The Kier molecular flexibility index (Phi) is 5.55. The van der Waals surface area contributed by atoms with Crippen LogP contribution in [0.4, 0.5) is 11.4 Å². The molecule has 2 aromatic heterocycles. The van der Waals surface area contributed by atoms with Gasteiger partial charge in [-0.25, -0.2) is 0 Å². The number of anilines is 1. The summed E-state index contributed by atoms with van der Waals surface area (Å²) in [6.07, 6.45) is 7.85. The van der Waals surface area contributed by atoms with Gasteiger partial charge in [0.2, 0.25) is 0 Å². The molecule has 166 valence electrons. The number of fused-ring (bicyclic) bond motifs is 2. The average Bonchev–Trinajstić information content (AvgIpc) is 3.26. The summed E-state index contributed by atoms with van der Waals surface area (Å²) in [5, 5.41) is 12.8. The summed E-state index contributed by atoms with van der Waals surface area (Å²) in [5.41, 5.74) is 2.40. The molecule has 1 saturated heterocycles. The van der Waals surface area contributed by atoms with Crippen LogP contribution in [-0.4, -0.2) is 46.9 Å². The Labute approximate surface area is 190 Å². The summed E-state index contributed by atoms with van der Waals surface area (Å²) >= 11 is 1.68. The maximum absolute atomic E-state index is 13.2. The van der Waals surface area contributed by atoms with Gasteiger partial charge >= 0.3 is 0 Å². The second-order valence-electron chi connectivity index (χ2n) is 8.64. The van der Waals surface area contributed by atoms with E-state index in [4.69, 9.17) is 0 Å². The number of pyridine rings is 1. The second-order valence-corrected chi connectivity index (χ2v) is 9.77. The molecule has 32 heavy (non-hydrogen) atoms. The van der Waals surface area contributed by atoms with Gasteiger partial charge in [0.15, 0.2) is 0 Å². The molecule has 3 aromatic rings. The molecule has 0 saturated carbocycles. The van der Waals surface area contributed by atoms with Crippen LogP contribution >= 0.6 is 11.3 Å². The van der Waals surface area contributed by atoms with Crippen molar-refractivity contribution in [3.8, 4) is 0 Å². The Balaban J connectivity index is 1.31. The number of nitro benzene ring substituents is 1. The van der Waals surface area contributed by atoms with E-state index in [1.165, 1.54) is 23.3 Å². The normalized spacial score (nSPS) is 18.6. The second kappa shape index (κ2) is 8.50. The van der Waals surface area contributed by atoms with Crippen molar-refractivity contribution < 1.29 is 9.72 Å². The number of aryl methyl sites for hydroxylation is 1. The van der Waals surface area contributed by atoms with E-state index in [1.807, 2.05) is 17.0 Å². The number of benzene rings is 1. The van der Waals surface area contributed by atoms with Crippen LogP contribution in [0.25, 0.3) is 10.8 Å². The molecule has 1 atom stereocenters. The lowest BCUT2D eigenvalue weighted by Crippen LogP contribution is -2.48. The number of non-ortho nitro benzene ring substituents is 1. The Hall–Kier alpha value is -3.00. The molecule has 0 radical (unpaired) electrons. The van der Waals surface area contributed by atoms with E-state index in [0.29, 0.717) is 31.6 Å². The molecule has 1 aromatic carbocycles. The first kappa shape index (κ1) is 20.9. The fourth-order valence-electron chi connectivity index (χ4n) is 4.95. The minimum absolute atomic E-state index is 0.0673. The minimum atomic E-state index is -0.367. The van der Waals surface area contributed by atoms with Crippen molar-refractivity contribution in [2.24, 2.45) is 5.92 Å². The summed E-state index contributed by atoms with van der Waals surface area (Å²) < 4.78 is 0. The van der Waals surface area contributed by atoms with Crippen molar-refractivity contribution in [2.45, 2.75) is 32.6 Å². The van der Waals surface area contributed by atoms with Crippen LogP contribution in [0.1, 0.15) is 39.9 Å². The van der Waals surface area contributed by atoms with Gasteiger partial charge in [-0.1, -0.05) is 13.3 Å². The van der Waals surface area contributed by atoms with Crippen molar-refractivity contribution in [2.75, 3.05) is 31.1 Å². The van der Waals surface area contributed by atoms with Gasteiger partial charge in [-0.3, -0.25) is 19.9 Å². The van der Waals surface area contributed by atoms with Crippen LogP contribution in [0.15, 0.2) is 36.7 Å². The van der Waals surface area contributed by atoms with Crippen LogP contribution in [0.3, 0.4) is 0 Å². The number of nitro groups is 1. The molecule has 1 amide bonds. The molecular weight excluding hydrogens is 424 g/mol.